The van der Waals surface area contributed by atoms with Gasteiger partial charge < -0.3 is 15.2 Å². The van der Waals surface area contributed by atoms with Crippen molar-refractivity contribution in [2.75, 3.05) is 20.3 Å². The van der Waals surface area contributed by atoms with Crippen molar-refractivity contribution in [3.63, 3.8) is 0 Å². The van der Waals surface area contributed by atoms with Crippen LogP contribution in [-0.2, 0) is 6.54 Å². The van der Waals surface area contributed by atoms with E-state index in [-0.39, 0.29) is 0 Å². The lowest BCUT2D eigenvalue weighted by molar-refractivity contribution is 0.167. The van der Waals surface area contributed by atoms with E-state index in [1.54, 1.807) is 0 Å². The minimum absolute atomic E-state index is 0.411. The van der Waals surface area contributed by atoms with Gasteiger partial charge in [-0.1, -0.05) is 6.07 Å². The molecule has 1 saturated carbocycles. The lowest BCUT2D eigenvalue weighted by Crippen LogP contribution is -2.38. The number of ether oxygens (including phenoxy) is 2. The average Bonchev–Trinajstić information content (AvgIpc) is 2.48. The minimum Gasteiger partial charge on any atom is -0.486 e. The Bertz CT molecular complexity index is 456. The lowest BCUT2D eigenvalue weighted by Gasteiger charge is -2.33. The molecule has 0 spiro atoms. The average molecular weight is 276 g/mol. The van der Waals surface area contributed by atoms with Gasteiger partial charge >= 0.3 is 0 Å². The summed E-state index contributed by atoms with van der Waals surface area (Å²) in [6.45, 7) is 2.25. The normalized spacial score (nSPS) is 25.8. The third-order valence-electron chi connectivity index (χ3n) is 4.40. The number of rotatable bonds is 3. The maximum atomic E-state index is 5.98. The van der Waals surface area contributed by atoms with Crippen LogP contribution < -0.4 is 15.2 Å². The van der Waals surface area contributed by atoms with E-state index in [4.69, 9.17) is 15.2 Å². The molecule has 0 amide bonds. The molecule has 0 atom stereocenters. The molecule has 0 unspecified atom stereocenters. The Morgan fingerprint density at radius 1 is 1.10 bits per heavy atom. The maximum absolute atomic E-state index is 5.98. The molecular formula is C16H24N2O2. The van der Waals surface area contributed by atoms with Crippen molar-refractivity contribution < 1.29 is 9.47 Å². The van der Waals surface area contributed by atoms with E-state index in [2.05, 4.69) is 24.1 Å². The zero-order chi connectivity index (χ0) is 13.9. The molecule has 1 aliphatic carbocycles. The molecule has 20 heavy (non-hydrogen) atoms. The summed E-state index contributed by atoms with van der Waals surface area (Å²) in [4.78, 5) is 2.44. The third kappa shape index (κ3) is 3.07. The molecule has 2 N–H and O–H groups in total. The fraction of sp³-hybridized carbons (Fsp3) is 0.625. The first-order chi connectivity index (χ1) is 9.72. The highest BCUT2D eigenvalue weighted by atomic mass is 16.6. The predicted octanol–water partition coefficient (Wildman–Crippen LogP) is 2.16. The van der Waals surface area contributed by atoms with Gasteiger partial charge in [0.25, 0.3) is 0 Å². The molecule has 0 radical (unpaired) electrons. The zero-order valence-electron chi connectivity index (χ0n) is 12.2. The monoisotopic (exact) mass is 276 g/mol. The molecule has 0 aromatic heterocycles. The summed E-state index contributed by atoms with van der Waals surface area (Å²) in [5.74, 6) is 1.75. The Kier molecular flexibility index (Phi) is 4.13. The molecule has 1 heterocycles. The summed E-state index contributed by atoms with van der Waals surface area (Å²) in [7, 11) is 2.21. The number of hydrogen-bond acceptors (Lipinski definition) is 4. The van der Waals surface area contributed by atoms with Gasteiger partial charge in [0.15, 0.2) is 11.5 Å². The fourth-order valence-electron chi connectivity index (χ4n) is 3.15. The van der Waals surface area contributed by atoms with Crippen LogP contribution >= 0.6 is 0 Å². The summed E-state index contributed by atoms with van der Waals surface area (Å²) < 4.78 is 11.2. The van der Waals surface area contributed by atoms with Gasteiger partial charge in [0.2, 0.25) is 0 Å². The van der Waals surface area contributed by atoms with Crippen LogP contribution in [0.25, 0.3) is 0 Å². The van der Waals surface area contributed by atoms with Crippen molar-refractivity contribution >= 4 is 0 Å². The van der Waals surface area contributed by atoms with Crippen LogP contribution in [-0.4, -0.2) is 37.2 Å². The van der Waals surface area contributed by atoms with E-state index in [9.17, 15) is 0 Å². The summed E-state index contributed by atoms with van der Waals surface area (Å²) >= 11 is 0. The molecule has 0 saturated heterocycles. The van der Waals surface area contributed by atoms with Crippen molar-refractivity contribution in [3.8, 4) is 11.5 Å². The second-order valence-corrected chi connectivity index (χ2v) is 5.96. The molecule has 0 bridgehead atoms. The van der Waals surface area contributed by atoms with Crippen LogP contribution in [0, 0.1) is 0 Å². The second kappa shape index (κ2) is 6.02. The van der Waals surface area contributed by atoms with Crippen molar-refractivity contribution in [3.05, 3.63) is 23.8 Å². The van der Waals surface area contributed by atoms with Crippen LogP contribution in [0.5, 0.6) is 11.5 Å². The van der Waals surface area contributed by atoms with Crippen molar-refractivity contribution in [1.29, 1.82) is 0 Å². The van der Waals surface area contributed by atoms with Gasteiger partial charge in [-0.25, -0.2) is 0 Å². The molecule has 4 heteroatoms. The Labute approximate surface area is 120 Å². The van der Waals surface area contributed by atoms with Crippen molar-refractivity contribution in [1.82, 2.24) is 4.90 Å². The minimum atomic E-state index is 0.411. The van der Waals surface area contributed by atoms with Crippen LogP contribution in [0.4, 0.5) is 0 Å². The highest BCUT2D eigenvalue weighted by molar-refractivity contribution is 5.43. The van der Waals surface area contributed by atoms with Gasteiger partial charge in [0.05, 0.1) is 0 Å². The Balaban J connectivity index is 1.62. The van der Waals surface area contributed by atoms with Crippen molar-refractivity contribution in [2.24, 2.45) is 5.73 Å². The standard InChI is InChI=1S/C16H24N2O2/c1-18(14-5-3-13(17)4-6-14)11-12-2-7-15-16(10-12)20-9-8-19-15/h2,7,10,13-14H,3-6,8-9,11,17H2,1H3. The van der Waals surface area contributed by atoms with Gasteiger partial charge in [0, 0.05) is 18.6 Å². The summed E-state index contributed by atoms with van der Waals surface area (Å²) in [5.41, 5.74) is 7.26. The van der Waals surface area contributed by atoms with Crippen molar-refractivity contribution in [2.45, 2.75) is 44.3 Å². The highest BCUT2D eigenvalue weighted by Gasteiger charge is 2.22. The number of fused-ring (bicyclic) bond motifs is 1. The Morgan fingerprint density at radius 3 is 2.55 bits per heavy atom. The van der Waals surface area contributed by atoms with Crippen LogP contribution in [0.15, 0.2) is 18.2 Å². The summed E-state index contributed by atoms with van der Waals surface area (Å²) in [6, 6.07) is 7.34. The van der Waals surface area contributed by atoms with E-state index in [1.807, 2.05) is 6.07 Å². The first-order valence-corrected chi connectivity index (χ1v) is 7.57. The highest BCUT2D eigenvalue weighted by Crippen LogP contribution is 2.31. The Morgan fingerprint density at radius 2 is 1.80 bits per heavy atom. The fourth-order valence-corrected chi connectivity index (χ4v) is 3.15. The molecule has 1 aliphatic heterocycles. The van der Waals surface area contributed by atoms with E-state index in [0.717, 1.165) is 30.9 Å². The maximum Gasteiger partial charge on any atom is 0.161 e. The number of nitrogens with zero attached hydrogens (tertiary/aromatic N) is 1. The van der Waals surface area contributed by atoms with Gasteiger partial charge in [0.1, 0.15) is 13.2 Å². The SMILES string of the molecule is CN(Cc1ccc2c(c1)OCCO2)C1CCC(N)CC1. The van der Waals surface area contributed by atoms with Gasteiger partial charge in [-0.3, -0.25) is 4.90 Å². The summed E-state index contributed by atoms with van der Waals surface area (Å²) in [6.07, 6.45) is 4.72. The molecule has 2 aliphatic rings. The molecule has 1 aromatic carbocycles. The quantitative estimate of drug-likeness (QED) is 0.919. The van der Waals surface area contributed by atoms with E-state index >= 15 is 0 Å². The first kappa shape index (κ1) is 13.7. The van der Waals surface area contributed by atoms with Gasteiger partial charge in [-0.05, 0) is 50.4 Å². The lowest BCUT2D eigenvalue weighted by atomic mass is 9.91. The van der Waals surface area contributed by atoms with E-state index in [0.29, 0.717) is 25.3 Å². The van der Waals surface area contributed by atoms with Crippen LogP contribution in [0.1, 0.15) is 31.2 Å². The molecule has 3 rings (SSSR count). The molecule has 1 fully saturated rings. The zero-order valence-corrected chi connectivity index (χ0v) is 12.2. The van der Waals surface area contributed by atoms with E-state index in [1.165, 1.54) is 18.4 Å². The Hall–Kier alpha value is -1.26. The second-order valence-electron chi connectivity index (χ2n) is 5.96. The van der Waals surface area contributed by atoms with Crippen LogP contribution in [0.2, 0.25) is 0 Å². The number of hydrogen-bond donors (Lipinski definition) is 1. The molecular weight excluding hydrogens is 252 g/mol. The largest absolute Gasteiger partial charge is 0.486 e. The predicted molar refractivity (Wildman–Crippen MR) is 79.1 cm³/mol. The molecule has 4 nitrogen and oxygen atoms in total. The first-order valence-electron chi connectivity index (χ1n) is 7.57. The van der Waals surface area contributed by atoms with E-state index < -0.39 is 0 Å². The molecule has 110 valence electrons. The topological polar surface area (TPSA) is 47.7 Å². The van der Waals surface area contributed by atoms with Gasteiger partial charge in [-0.15, -0.1) is 0 Å². The smallest absolute Gasteiger partial charge is 0.161 e. The van der Waals surface area contributed by atoms with Crippen LogP contribution in [0.3, 0.4) is 0 Å². The molecule has 1 aromatic rings. The summed E-state index contributed by atoms with van der Waals surface area (Å²) in [5, 5.41) is 0. The van der Waals surface area contributed by atoms with Gasteiger partial charge in [-0.2, -0.15) is 0 Å². The number of nitrogens with two attached hydrogens (primary N) is 1. The number of benzene rings is 1. The third-order valence-corrected chi connectivity index (χ3v) is 4.40.